The molecule has 15 heavy (non-hydrogen) atoms. The van der Waals surface area contributed by atoms with E-state index < -0.39 is 19.8 Å². The third kappa shape index (κ3) is 2.30. The van der Waals surface area contributed by atoms with Crippen molar-refractivity contribution in [2.24, 2.45) is 0 Å². The summed E-state index contributed by atoms with van der Waals surface area (Å²) >= 11 is 1.13. The molecule has 0 aromatic heterocycles. The number of hydrogen-bond donors (Lipinski definition) is 3. The molecule has 0 aromatic rings. The van der Waals surface area contributed by atoms with Gasteiger partial charge in [-0.15, -0.1) is 0 Å². The maximum atomic E-state index is 11.7. The Morgan fingerprint density at radius 2 is 2.13 bits per heavy atom. The minimum Gasteiger partial charge on any atom is -0.384 e. The number of thioether (sulfide) groups is 1. The Morgan fingerprint density at radius 3 is 2.47 bits per heavy atom. The van der Waals surface area contributed by atoms with Gasteiger partial charge in [0.25, 0.3) is 0 Å². The van der Waals surface area contributed by atoms with Crippen molar-refractivity contribution < 1.29 is 13.5 Å². The van der Waals surface area contributed by atoms with Crippen LogP contribution in [-0.4, -0.2) is 30.4 Å². The molecule has 0 saturated heterocycles. The number of rotatable bonds is 3. The minimum atomic E-state index is -3.45. The molecule has 0 spiro atoms. The van der Waals surface area contributed by atoms with Gasteiger partial charge in [-0.3, -0.25) is 0 Å². The second kappa shape index (κ2) is 3.65. The van der Waals surface area contributed by atoms with Gasteiger partial charge in [-0.05, 0) is 33.2 Å². The largest absolute Gasteiger partial charge is 0.384 e. The summed E-state index contributed by atoms with van der Waals surface area (Å²) in [5.41, 5.74) is -0.553. The normalized spacial score (nSPS) is 27.4. The van der Waals surface area contributed by atoms with Gasteiger partial charge in [0.05, 0.1) is 11.3 Å². The van der Waals surface area contributed by atoms with Crippen molar-refractivity contribution in [2.75, 3.05) is 7.05 Å². The van der Waals surface area contributed by atoms with Crippen LogP contribution in [-0.2, 0) is 10.0 Å². The zero-order valence-corrected chi connectivity index (χ0v) is 10.8. The molecule has 1 aliphatic rings. The van der Waals surface area contributed by atoms with E-state index in [1.54, 1.807) is 26.2 Å². The molecule has 0 bridgehead atoms. The van der Waals surface area contributed by atoms with Crippen LogP contribution in [0.25, 0.3) is 0 Å². The molecule has 0 saturated carbocycles. The Morgan fingerprint density at radius 1 is 1.60 bits per heavy atom. The Hall–Kier alpha value is -0.240. The van der Waals surface area contributed by atoms with Gasteiger partial charge in [0.1, 0.15) is 0 Å². The van der Waals surface area contributed by atoms with Gasteiger partial charge in [-0.25, -0.2) is 13.1 Å². The topological polar surface area (TPSA) is 78.4 Å². The van der Waals surface area contributed by atoms with Crippen molar-refractivity contribution in [3.8, 4) is 0 Å². The van der Waals surface area contributed by atoms with E-state index in [1.807, 2.05) is 0 Å². The van der Waals surface area contributed by atoms with Gasteiger partial charge < -0.3 is 10.4 Å². The highest BCUT2D eigenvalue weighted by atomic mass is 32.3. The predicted molar refractivity (Wildman–Crippen MR) is 61.5 cm³/mol. The standard InChI is InChI=1S/C8H16N2O3S2/c1-7(2,11)6-5-14-8(3,10-6)15(12,13)9-4/h5,9-11H,1-4H3. The van der Waals surface area contributed by atoms with Crippen molar-refractivity contribution in [3.63, 3.8) is 0 Å². The molecule has 0 radical (unpaired) electrons. The van der Waals surface area contributed by atoms with Gasteiger partial charge in [0, 0.05) is 0 Å². The highest BCUT2D eigenvalue weighted by Crippen LogP contribution is 2.38. The average molecular weight is 252 g/mol. The second-order valence-corrected chi connectivity index (χ2v) is 7.76. The van der Waals surface area contributed by atoms with Crippen LogP contribution in [0.15, 0.2) is 11.1 Å². The molecule has 7 heteroatoms. The molecular formula is C8H16N2O3S2. The molecule has 1 unspecified atom stereocenters. The van der Waals surface area contributed by atoms with Crippen LogP contribution in [0.5, 0.6) is 0 Å². The average Bonchev–Trinajstić information content (AvgIpc) is 2.49. The number of nitrogens with one attached hydrogen (secondary N) is 2. The predicted octanol–water partition coefficient (Wildman–Crippen LogP) is 0.158. The lowest BCUT2D eigenvalue weighted by molar-refractivity contribution is 0.112. The van der Waals surface area contributed by atoms with Crippen molar-refractivity contribution >= 4 is 21.8 Å². The Labute approximate surface area is 94.4 Å². The molecule has 1 aliphatic heterocycles. The monoisotopic (exact) mass is 252 g/mol. The maximum Gasteiger partial charge on any atom is 0.245 e. The summed E-state index contributed by atoms with van der Waals surface area (Å²) in [5, 5.41) is 14.2. The lowest BCUT2D eigenvalue weighted by Gasteiger charge is -2.28. The Kier molecular flexibility index (Phi) is 3.13. The molecule has 3 N–H and O–H groups in total. The van der Waals surface area contributed by atoms with Crippen molar-refractivity contribution in [3.05, 3.63) is 11.1 Å². The summed E-state index contributed by atoms with van der Waals surface area (Å²) in [4.78, 5) is 0. The van der Waals surface area contributed by atoms with E-state index in [9.17, 15) is 13.5 Å². The fraction of sp³-hybridized carbons (Fsp3) is 0.750. The van der Waals surface area contributed by atoms with Crippen LogP contribution in [0, 0.1) is 0 Å². The maximum absolute atomic E-state index is 11.7. The summed E-state index contributed by atoms with van der Waals surface area (Å²) < 4.78 is 24.5. The summed E-state index contributed by atoms with van der Waals surface area (Å²) in [6.45, 7) is 4.76. The number of hydrogen-bond acceptors (Lipinski definition) is 5. The molecule has 1 heterocycles. The van der Waals surface area contributed by atoms with Crippen LogP contribution < -0.4 is 10.0 Å². The summed E-state index contributed by atoms with van der Waals surface area (Å²) in [6, 6.07) is 0. The molecule has 0 amide bonds. The summed E-state index contributed by atoms with van der Waals surface area (Å²) in [5.74, 6) is 0. The number of sulfonamides is 1. The van der Waals surface area contributed by atoms with Gasteiger partial charge in [0.15, 0.2) is 0 Å². The van der Waals surface area contributed by atoms with Crippen molar-refractivity contribution in [1.29, 1.82) is 0 Å². The van der Waals surface area contributed by atoms with Crippen LogP contribution >= 0.6 is 11.8 Å². The summed E-state index contributed by atoms with van der Waals surface area (Å²) in [6.07, 6.45) is 0. The first-order valence-electron chi connectivity index (χ1n) is 4.44. The summed E-state index contributed by atoms with van der Waals surface area (Å²) in [7, 11) is -2.09. The van der Waals surface area contributed by atoms with Crippen LogP contribution in [0.2, 0.25) is 0 Å². The first-order valence-corrected chi connectivity index (χ1v) is 6.81. The lowest BCUT2D eigenvalue weighted by Crippen LogP contribution is -2.50. The van der Waals surface area contributed by atoms with Crippen molar-refractivity contribution in [1.82, 2.24) is 10.0 Å². The highest BCUT2D eigenvalue weighted by Gasteiger charge is 2.44. The van der Waals surface area contributed by atoms with Crippen LogP contribution in [0.4, 0.5) is 0 Å². The highest BCUT2D eigenvalue weighted by molar-refractivity contribution is 8.15. The van der Waals surface area contributed by atoms with Gasteiger partial charge >= 0.3 is 0 Å². The third-order valence-corrected chi connectivity index (χ3v) is 5.72. The fourth-order valence-electron chi connectivity index (χ4n) is 1.10. The molecule has 0 aliphatic carbocycles. The molecule has 0 aromatic carbocycles. The van der Waals surface area contributed by atoms with Gasteiger partial charge in [-0.1, -0.05) is 11.8 Å². The Bertz CT molecular complexity index is 383. The zero-order chi connectivity index (χ0) is 11.9. The van der Waals surface area contributed by atoms with E-state index in [0.29, 0.717) is 5.70 Å². The molecule has 0 fully saturated rings. The Balaban J connectivity index is 2.93. The third-order valence-electron chi connectivity index (χ3n) is 2.20. The lowest BCUT2D eigenvalue weighted by atomic mass is 10.1. The second-order valence-electron chi connectivity index (χ2n) is 3.99. The molecule has 1 atom stereocenters. The first-order chi connectivity index (χ1) is 6.62. The van der Waals surface area contributed by atoms with Gasteiger partial charge in [0.2, 0.25) is 14.2 Å². The van der Waals surface area contributed by atoms with E-state index in [-0.39, 0.29) is 0 Å². The van der Waals surface area contributed by atoms with Gasteiger partial charge in [-0.2, -0.15) is 0 Å². The quantitative estimate of drug-likeness (QED) is 0.667. The molecule has 5 nitrogen and oxygen atoms in total. The van der Waals surface area contributed by atoms with E-state index in [1.165, 1.54) is 7.05 Å². The molecule has 88 valence electrons. The van der Waals surface area contributed by atoms with E-state index >= 15 is 0 Å². The van der Waals surface area contributed by atoms with Crippen LogP contribution in [0.1, 0.15) is 20.8 Å². The zero-order valence-electron chi connectivity index (χ0n) is 9.16. The fourth-order valence-corrected chi connectivity index (χ4v) is 3.49. The molecule has 1 rings (SSSR count). The smallest absolute Gasteiger partial charge is 0.245 e. The van der Waals surface area contributed by atoms with Crippen LogP contribution in [0.3, 0.4) is 0 Å². The molecular weight excluding hydrogens is 236 g/mol. The minimum absolute atomic E-state index is 0.508. The SMILES string of the molecule is CNS(=O)(=O)C1(C)NC(C(C)(C)O)=CS1. The van der Waals surface area contributed by atoms with E-state index in [0.717, 1.165) is 11.8 Å². The van der Waals surface area contributed by atoms with E-state index in [4.69, 9.17) is 0 Å². The van der Waals surface area contributed by atoms with Crippen molar-refractivity contribution in [2.45, 2.75) is 30.6 Å². The number of aliphatic hydroxyl groups is 1. The van der Waals surface area contributed by atoms with E-state index in [2.05, 4.69) is 10.0 Å². The first kappa shape index (κ1) is 12.8.